The van der Waals surface area contributed by atoms with Crippen LogP contribution in [-0.4, -0.2) is 152 Å². The first kappa shape index (κ1) is 54.5. The highest BCUT2D eigenvalue weighted by molar-refractivity contribution is 5.98. The topological polar surface area (TPSA) is 464 Å². The molecular formula is C39H55N11O16. The van der Waals surface area contributed by atoms with E-state index < -0.39 is 171 Å². The first-order valence-electron chi connectivity index (χ1n) is 20.2. The number of carboxylic acids is 3. The van der Waals surface area contributed by atoms with Gasteiger partial charge in [-0.05, 0) is 30.4 Å². The Kier molecular flexibility index (Phi) is 21.6. The summed E-state index contributed by atoms with van der Waals surface area (Å²) >= 11 is 0. The molecule has 9 amide bonds. The highest BCUT2D eigenvalue weighted by atomic mass is 16.4. The van der Waals surface area contributed by atoms with Crippen molar-refractivity contribution < 1.29 is 78.0 Å². The Balaban J connectivity index is 2.25. The molecule has 2 aromatic rings. The number of aromatic nitrogens is 1. The number of nitrogens with one attached hydrogen (secondary N) is 8. The number of benzene rings is 1. The molecule has 0 saturated heterocycles. The molecule has 0 radical (unpaired) electrons. The van der Waals surface area contributed by atoms with E-state index in [2.05, 4.69) is 36.9 Å². The van der Waals surface area contributed by atoms with Crippen molar-refractivity contribution in [1.29, 1.82) is 0 Å². The second kappa shape index (κ2) is 26.2. The van der Waals surface area contributed by atoms with Gasteiger partial charge in [0.25, 0.3) is 0 Å². The van der Waals surface area contributed by atoms with Crippen LogP contribution in [0.3, 0.4) is 0 Å². The van der Waals surface area contributed by atoms with E-state index in [1.54, 1.807) is 30.5 Å². The molecule has 18 N–H and O–H groups in total. The predicted octanol–water partition coefficient (Wildman–Crippen LogP) is -5.72. The summed E-state index contributed by atoms with van der Waals surface area (Å²) in [5.74, 6) is -14.9. The lowest BCUT2D eigenvalue weighted by atomic mass is 10.0. The normalized spacial score (nSPS) is 14.1. The van der Waals surface area contributed by atoms with Crippen LogP contribution >= 0.6 is 0 Å². The molecule has 1 heterocycles. The SMILES string of the molecule is CC(C)C(NC(=O)CNC(=O)C(CO)NC(=O)C(N)CC(=O)O)C(=O)NC(CCC(=O)O)C(=O)NC(CCC(N)=O)C(=O)NC(CC(N)=O)C(=O)NC(Cc1c[nH]c2ccccc12)C(=O)O. The molecule has 7 atom stereocenters. The van der Waals surface area contributed by atoms with Crippen molar-refractivity contribution in [2.75, 3.05) is 13.2 Å². The van der Waals surface area contributed by atoms with Crippen molar-refractivity contribution in [2.24, 2.45) is 23.1 Å². The third-order valence-corrected chi connectivity index (χ3v) is 9.58. The number of carboxylic acid groups (broad SMARTS) is 3. The third kappa shape index (κ3) is 18.2. The van der Waals surface area contributed by atoms with Crippen LogP contribution in [0.5, 0.6) is 0 Å². The lowest BCUT2D eigenvalue weighted by molar-refractivity contribution is -0.142. The van der Waals surface area contributed by atoms with Crippen LogP contribution in [0.1, 0.15) is 57.9 Å². The standard InChI is InChI=1S/C39H55N11O16/c1-17(2)32(50-29(54)15-44-34(60)26(16-51)49-33(59)20(40)12-31(57)58)38(64)46-23(8-10-30(55)56)35(61)45-22(7-9-27(41)52)36(62)47-24(13-28(42)53)37(63)48-25(39(65)66)11-18-14-43-21-6-4-3-5-19(18)21/h3-6,14,17,20,22-26,32,43,51H,7-13,15-16,40H2,1-2H3,(H2,41,52)(H2,42,53)(H,44,60)(H,45,61)(H,46,64)(H,47,62)(H,48,63)(H,49,59)(H,50,54)(H,55,56)(H,57,58)(H,65,66). The maximum Gasteiger partial charge on any atom is 0.326 e. The highest BCUT2D eigenvalue weighted by Gasteiger charge is 2.35. The van der Waals surface area contributed by atoms with Crippen LogP contribution in [-0.2, 0) is 64.0 Å². The highest BCUT2D eigenvalue weighted by Crippen LogP contribution is 2.19. The minimum atomic E-state index is -1.83. The Morgan fingerprint density at radius 2 is 1.17 bits per heavy atom. The average Bonchev–Trinajstić information content (AvgIpc) is 3.64. The van der Waals surface area contributed by atoms with Gasteiger partial charge in [-0.2, -0.15) is 0 Å². The van der Waals surface area contributed by atoms with Crippen LogP contribution < -0.4 is 54.4 Å². The van der Waals surface area contributed by atoms with Gasteiger partial charge in [0.15, 0.2) is 0 Å². The van der Waals surface area contributed by atoms with Crippen LogP contribution in [0, 0.1) is 5.92 Å². The molecule has 0 aliphatic heterocycles. The van der Waals surface area contributed by atoms with E-state index in [1.807, 2.05) is 5.32 Å². The lowest BCUT2D eigenvalue weighted by Gasteiger charge is -2.27. The zero-order valence-electron chi connectivity index (χ0n) is 35.8. The molecule has 0 bridgehead atoms. The van der Waals surface area contributed by atoms with Gasteiger partial charge in [-0.3, -0.25) is 52.7 Å². The maximum atomic E-state index is 13.7. The van der Waals surface area contributed by atoms with Crippen LogP contribution in [0.4, 0.5) is 0 Å². The Bertz CT molecular complexity index is 2140. The van der Waals surface area contributed by atoms with Crippen molar-refractivity contribution >= 4 is 82.0 Å². The van der Waals surface area contributed by atoms with Crippen LogP contribution in [0.15, 0.2) is 30.5 Å². The van der Waals surface area contributed by atoms with Gasteiger partial charge in [0.05, 0.1) is 32.0 Å². The van der Waals surface area contributed by atoms with Gasteiger partial charge < -0.3 is 79.8 Å². The number of para-hydroxylation sites is 1. The predicted molar refractivity (Wildman–Crippen MR) is 225 cm³/mol. The Labute approximate surface area is 375 Å². The van der Waals surface area contributed by atoms with E-state index >= 15 is 0 Å². The average molecular weight is 934 g/mol. The zero-order chi connectivity index (χ0) is 49.8. The van der Waals surface area contributed by atoms with E-state index in [0.717, 1.165) is 0 Å². The number of aromatic amines is 1. The number of carbonyl (C=O) groups is 12. The lowest BCUT2D eigenvalue weighted by Crippen LogP contribution is -2.60. The summed E-state index contributed by atoms with van der Waals surface area (Å²) in [5.41, 5.74) is 17.3. The monoisotopic (exact) mass is 933 g/mol. The Hall–Kier alpha value is -7.68. The number of fused-ring (bicyclic) bond motifs is 1. The summed E-state index contributed by atoms with van der Waals surface area (Å²) in [6.07, 6.45) is -2.76. The molecule has 0 saturated carbocycles. The fourth-order valence-corrected chi connectivity index (χ4v) is 6.11. The molecule has 7 unspecified atom stereocenters. The van der Waals surface area contributed by atoms with Gasteiger partial charge in [-0.25, -0.2) is 4.79 Å². The summed E-state index contributed by atoms with van der Waals surface area (Å²) in [7, 11) is 0. The number of rotatable bonds is 29. The van der Waals surface area contributed by atoms with E-state index in [4.69, 9.17) is 22.3 Å². The largest absolute Gasteiger partial charge is 0.481 e. The number of aliphatic carboxylic acids is 3. The Morgan fingerprint density at radius 1 is 0.621 bits per heavy atom. The number of hydrogen-bond donors (Lipinski definition) is 15. The molecule has 1 aromatic carbocycles. The number of nitrogens with two attached hydrogens (primary N) is 3. The Morgan fingerprint density at radius 3 is 1.71 bits per heavy atom. The van der Waals surface area contributed by atoms with E-state index in [-0.39, 0.29) is 6.42 Å². The summed E-state index contributed by atoms with van der Waals surface area (Å²) < 4.78 is 0. The smallest absolute Gasteiger partial charge is 0.326 e. The van der Waals surface area contributed by atoms with E-state index in [9.17, 15) is 72.9 Å². The second-order valence-electron chi connectivity index (χ2n) is 15.2. The molecule has 66 heavy (non-hydrogen) atoms. The van der Waals surface area contributed by atoms with Gasteiger partial charge in [0.2, 0.25) is 53.2 Å². The summed E-state index contributed by atoms with van der Waals surface area (Å²) in [4.78, 5) is 153. The molecular weight excluding hydrogens is 878 g/mol. The minimum Gasteiger partial charge on any atom is -0.481 e. The fraction of sp³-hybridized carbons (Fsp3) is 0.487. The summed E-state index contributed by atoms with van der Waals surface area (Å²) in [6.45, 7) is 1.12. The number of H-pyrrole nitrogens is 1. The second-order valence-corrected chi connectivity index (χ2v) is 15.2. The number of amides is 9. The van der Waals surface area contributed by atoms with Crippen molar-refractivity contribution in [3.05, 3.63) is 36.0 Å². The van der Waals surface area contributed by atoms with Crippen molar-refractivity contribution in [3.8, 4) is 0 Å². The number of hydrogen-bond acceptors (Lipinski definition) is 14. The van der Waals surface area contributed by atoms with Gasteiger partial charge in [0, 0.05) is 36.4 Å². The van der Waals surface area contributed by atoms with Crippen molar-refractivity contribution in [1.82, 2.24) is 42.2 Å². The molecule has 2 rings (SSSR count). The summed E-state index contributed by atoms with van der Waals surface area (Å²) in [6, 6.07) is -4.69. The number of carbonyl (C=O) groups excluding carboxylic acids is 9. The zero-order valence-corrected chi connectivity index (χ0v) is 35.8. The van der Waals surface area contributed by atoms with Gasteiger partial charge in [-0.1, -0.05) is 32.0 Å². The third-order valence-electron chi connectivity index (χ3n) is 9.58. The molecule has 0 aliphatic rings. The molecule has 1 aromatic heterocycles. The van der Waals surface area contributed by atoms with Gasteiger partial charge in [0.1, 0.15) is 36.3 Å². The van der Waals surface area contributed by atoms with Gasteiger partial charge >= 0.3 is 17.9 Å². The molecule has 27 heteroatoms. The van der Waals surface area contributed by atoms with E-state index in [0.29, 0.717) is 16.5 Å². The number of primary amides is 2. The van der Waals surface area contributed by atoms with Crippen LogP contribution in [0.2, 0.25) is 0 Å². The first-order valence-corrected chi connectivity index (χ1v) is 20.2. The number of aliphatic hydroxyl groups is 1. The summed E-state index contributed by atoms with van der Waals surface area (Å²) in [5, 5.41) is 53.9. The van der Waals surface area contributed by atoms with Crippen molar-refractivity contribution in [2.45, 2.75) is 101 Å². The number of aliphatic hydroxyl groups excluding tert-OH is 1. The van der Waals surface area contributed by atoms with E-state index in [1.165, 1.54) is 13.8 Å². The molecule has 0 aliphatic carbocycles. The molecule has 362 valence electrons. The maximum absolute atomic E-state index is 13.7. The molecule has 0 spiro atoms. The van der Waals surface area contributed by atoms with Crippen LogP contribution in [0.25, 0.3) is 10.9 Å². The fourth-order valence-electron chi connectivity index (χ4n) is 6.11. The van der Waals surface area contributed by atoms with Gasteiger partial charge in [-0.15, -0.1) is 0 Å². The minimum absolute atomic E-state index is 0.234. The first-order chi connectivity index (χ1) is 30.9. The molecule has 27 nitrogen and oxygen atoms in total. The molecule has 0 fully saturated rings. The quantitative estimate of drug-likeness (QED) is 0.0361. The van der Waals surface area contributed by atoms with Crippen molar-refractivity contribution in [3.63, 3.8) is 0 Å².